The highest BCUT2D eigenvalue weighted by atomic mass is 79.9. The number of H-pyrrole nitrogens is 1. The quantitative estimate of drug-likeness (QED) is 0.683. The lowest BCUT2D eigenvalue weighted by Crippen LogP contribution is -2.11. The molecule has 1 heterocycles. The van der Waals surface area contributed by atoms with Crippen LogP contribution in [-0.4, -0.2) is 10.9 Å². The zero-order valence-electron chi connectivity index (χ0n) is 10.3. The van der Waals surface area contributed by atoms with Gasteiger partial charge in [-0.1, -0.05) is 45.7 Å². The number of para-hydroxylation sites is 1. The van der Waals surface area contributed by atoms with Crippen LogP contribution < -0.4 is 5.32 Å². The van der Waals surface area contributed by atoms with Gasteiger partial charge in [-0.25, -0.2) is 0 Å². The largest absolute Gasteiger partial charge is 0.360 e. The molecule has 3 aromatic rings. The normalized spacial score (nSPS) is 10.7. The van der Waals surface area contributed by atoms with Gasteiger partial charge in [-0.2, -0.15) is 0 Å². The lowest BCUT2D eigenvalue weighted by molar-refractivity contribution is 0.102. The van der Waals surface area contributed by atoms with E-state index in [1.54, 1.807) is 18.3 Å². The van der Waals surface area contributed by atoms with E-state index >= 15 is 0 Å². The van der Waals surface area contributed by atoms with Gasteiger partial charge in [0.05, 0.1) is 16.3 Å². The summed E-state index contributed by atoms with van der Waals surface area (Å²) >= 11 is 9.44. The lowest BCUT2D eigenvalue weighted by Gasteiger charge is -2.07. The molecule has 20 heavy (non-hydrogen) atoms. The number of aromatic nitrogens is 1. The highest BCUT2D eigenvalue weighted by Gasteiger charge is 2.13. The van der Waals surface area contributed by atoms with Crippen LogP contribution in [0.3, 0.4) is 0 Å². The van der Waals surface area contributed by atoms with Crippen LogP contribution in [0.5, 0.6) is 0 Å². The van der Waals surface area contributed by atoms with Crippen LogP contribution in [0.2, 0.25) is 5.02 Å². The Morgan fingerprint density at radius 2 is 2.00 bits per heavy atom. The van der Waals surface area contributed by atoms with Gasteiger partial charge in [0, 0.05) is 21.6 Å². The van der Waals surface area contributed by atoms with E-state index in [1.807, 2.05) is 30.3 Å². The van der Waals surface area contributed by atoms with Crippen LogP contribution in [0.4, 0.5) is 5.69 Å². The first kappa shape index (κ1) is 13.2. The molecule has 0 aliphatic rings. The molecule has 0 spiro atoms. The van der Waals surface area contributed by atoms with Crippen LogP contribution in [0.15, 0.2) is 53.1 Å². The van der Waals surface area contributed by atoms with Crippen molar-refractivity contribution >= 4 is 50.0 Å². The molecule has 0 saturated heterocycles. The third-order valence-corrected chi connectivity index (χ3v) is 3.83. The summed E-state index contributed by atoms with van der Waals surface area (Å²) in [5.74, 6) is -0.192. The maximum atomic E-state index is 12.3. The Morgan fingerprint density at radius 1 is 1.20 bits per heavy atom. The number of hydrogen-bond donors (Lipinski definition) is 2. The summed E-state index contributed by atoms with van der Waals surface area (Å²) < 4.78 is 0.858. The topological polar surface area (TPSA) is 44.9 Å². The minimum absolute atomic E-state index is 0.192. The molecule has 1 aromatic heterocycles. The minimum atomic E-state index is -0.192. The van der Waals surface area contributed by atoms with Crippen LogP contribution in [-0.2, 0) is 0 Å². The number of benzene rings is 2. The third kappa shape index (κ3) is 2.44. The molecular weight excluding hydrogens is 340 g/mol. The van der Waals surface area contributed by atoms with Crippen molar-refractivity contribution in [1.82, 2.24) is 4.98 Å². The second-order valence-corrected chi connectivity index (χ2v) is 5.65. The zero-order valence-corrected chi connectivity index (χ0v) is 12.6. The van der Waals surface area contributed by atoms with Crippen LogP contribution in [0, 0.1) is 0 Å². The summed E-state index contributed by atoms with van der Waals surface area (Å²) in [7, 11) is 0. The van der Waals surface area contributed by atoms with E-state index in [4.69, 9.17) is 11.6 Å². The number of nitrogens with one attached hydrogen (secondary N) is 2. The highest BCUT2D eigenvalue weighted by Crippen LogP contribution is 2.27. The Kier molecular flexibility index (Phi) is 3.51. The molecule has 3 rings (SSSR count). The van der Waals surface area contributed by atoms with E-state index in [0.717, 1.165) is 15.4 Å². The molecule has 0 radical (unpaired) electrons. The summed E-state index contributed by atoms with van der Waals surface area (Å²) in [5.41, 5.74) is 2.10. The smallest absolute Gasteiger partial charge is 0.257 e. The predicted octanol–water partition coefficient (Wildman–Crippen LogP) is 4.84. The first-order valence-corrected chi connectivity index (χ1v) is 7.15. The van der Waals surface area contributed by atoms with E-state index in [9.17, 15) is 4.79 Å². The first-order chi connectivity index (χ1) is 9.65. The van der Waals surface area contributed by atoms with Crippen LogP contribution in [0.25, 0.3) is 10.9 Å². The predicted molar refractivity (Wildman–Crippen MR) is 85.4 cm³/mol. The van der Waals surface area contributed by atoms with Gasteiger partial charge in [0.25, 0.3) is 5.91 Å². The van der Waals surface area contributed by atoms with Crippen molar-refractivity contribution in [3.63, 3.8) is 0 Å². The van der Waals surface area contributed by atoms with E-state index < -0.39 is 0 Å². The maximum absolute atomic E-state index is 12.3. The van der Waals surface area contributed by atoms with Crippen molar-refractivity contribution in [2.24, 2.45) is 0 Å². The van der Waals surface area contributed by atoms with Crippen molar-refractivity contribution in [3.8, 4) is 0 Å². The number of carbonyl (C=O) groups is 1. The van der Waals surface area contributed by atoms with Crippen molar-refractivity contribution in [2.45, 2.75) is 0 Å². The second-order valence-electron chi connectivity index (χ2n) is 4.33. The lowest BCUT2D eigenvalue weighted by atomic mass is 10.1. The molecule has 0 fully saturated rings. The van der Waals surface area contributed by atoms with Gasteiger partial charge in [0.2, 0.25) is 0 Å². The van der Waals surface area contributed by atoms with E-state index in [1.165, 1.54) is 0 Å². The van der Waals surface area contributed by atoms with Gasteiger partial charge in [-0.05, 0) is 24.3 Å². The van der Waals surface area contributed by atoms with Crippen molar-refractivity contribution in [2.75, 3.05) is 5.32 Å². The number of rotatable bonds is 2. The van der Waals surface area contributed by atoms with E-state index in [-0.39, 0.29) is 5.91 Å². The molecule has 0 unspecified atom stereocenters. The molecule has 5 heteroatoms. The Balaban J connectivity index is 1.95. The average molecular weight is 350 g/mol. The van der Waals surface area contributed by atoms with E-state index in [2.05, 4.69) is 26.2 Å². The number of halogens is 2. The Hall–Kier alpha value is -1.78. The first-order valence-electron chi connectivity index (χ1n) is 5.97. The summed E-state index contributed by atoms with van der Waals surface area (Å²) in [6.07, 6.45) is 1.70. The van der Waals surface area contributed by atoms with Gasteiger partial charge in [0.15, 0.2) is 0 Å². The number of carbonyl (C=O) groups excluding carboxylic acids is 1. The van der Waals surface area contributed by atoms with Crippen molar-refractivity contribution in [1.29, 1.82) is 0 Å². The Bertz CT molecular complexity index is 797. The fourth-order valence-corrected chi connectivity index (χ4v) is 2.57. The fourth-order valence-electron chi connectivity index (χ4n) is 2.04. The molecule has 0 bridgehead atoms. The third-order valence-electron chi connectivity index (χ3n) is 3.01. The van der Waals surface area contributed by atoms with E-state index in [0.29, 0.717) is 16.3 Å². The molecule has 0 aliphatic heterocycles. The molecule has 2 N–H and O–H groups in total. The Labute approximate surface area is 129 Å². The SMILES string of the molecule is O=C(Nc1cc(Br)ccc1Cl)c1c[nH]c2ccccc12. The number of anilines is 1. The summed E-state index contributed by atoms with van der Waals surface area (Å²) in [4.78, 5) is 15.4. The number of aromatic amines is 1. The highest BCUT2D eigenvalue weighted by molar-refractivity contribution is 9.10. The number of fused-ring (bicyclic) bond motifs is 1. The monoisotopic (exact) mass is 348 g/mol. The van der Waals surface area contributed by atoms with Gasteiger partial charge in [0.1, 0.15) is 0 Å². The standard InChI is InChI=1S/C15H10BrClN2O/c16-9-5-6-12(17)14(7-9)19-15(20)11-8-18-13-4-2-1-3-10(11)13/h1-8,18H,(H,19,20). The molecule has 2 aromatic carbocycles. The summed E-state index contributed by atoms with van der Waals surface area (Å²) in [5, 5.41) is 4.21. The average Bonchev–Trinajstić information content (AvgIpc) is 2.87. The van der Waals surface area contributed by atoms with Gasteiger partial charge in [-0.15, -0.1) is 0 Å². The molecule has 0 atom stereocenters. The molecule has 1 amide bonds. The van der Waals surface area contributed by atoms with Crippen molar-refractivity contribution < 1.29 is 4.79 Å². The Morgan fingerprint density at radius 3 is 2.85 bits per heavy atom. The second kappa shape index (κ2) is 5.31. The summed E-state index contributed by atoms with van der Waals surface area (Å²) in [6, 6.07) is 13.0. The fraction of sp³-hybridized carbons (Fsp3) is 0. The molecular formula is C15H10BrClN2O. The van der Waals surface area contributed by atoms with Gasteiger partial charge in [-0.3, -0.25) is 4.79 Å². The maximum Gasteiger partial charge on any atom is 0.257 e. The molecule has 3 nitrogen and oxygen atoms in total. The molecule has 100 valence electrons. The summed E-state index contributed by atoms with van der Waals surface area (Å²) in [6.45, 7) is 0. The van der Waals surface area contributed by atoms with Crippen molar-refractivity contribution in [3.05, 3.63) is 63.7 Å². The van der Waals surface area contributed by atoms with Crippen LogP contribution >= 0.6 is 27.5 Å². The van der Waals surface area contributed by atoms with Gasteiger partial charge < -0.3 is 10.3 Å². The minimum Gasteiger partial charge on any atom is -0.360 e. The number of amides is 1. The zero-order chi connectivity index (χ0) is 14.1. The van der Waals surface area contributed by atoms with Gasteiger partial charge >= 0.3 is 0 Å². The molecule has 0 aliphatic carbocycles. The van der Waals surface area contributed by atoms with Crippen LogP contribution in [0.1, 0.15) is 10.4 Å². The number of hydrogen-bond acceptors (Lipinski definition) is 1. The molecule has 0 saturated carbocycles.